The van der Waals surface area contributed by atoms with Gasteiger partial charge >= 0.3 is 0 Å². The summed E-state index contributed by atoms with van der Waals surface area (Å²) in [5.74, 6) is -0.0312. The quantitative estimate of drug-likeness (QED) is 0.507. The van der Waals surface area contributed by atoms with Gasteiger partial charge < -0.3 is 4.90 Å². The Labute approximate surface area is 110 Å². The van der Waals surface area contributed by atoms with Crippen LogP contribution in [-0.2, 0) is 4.79 Å². The van der Waals surface area contributed by atoms with E-state index in [2.05, 4.69) is 12.6 Å². The molecule has 0 radical (unpaired) electrons. The highest BCUT2D eigenvalue weighted by atomic mass is 32.1. The van der Waals surface area contributed by atoms with E-state index in [0.717, 1.165) is 5.56 Å². The highest BCUT2D eigenvalue weighted by Gasteiger charge is 2.30. The number of nitrogens with zero attached hydrogens (tertiary/aromatic N) is 2. The second-order valence-corrected chi connectivity index (χ2v) is 5.27. The predicted molar refractivity (Wildman–Crippen MR) is 72.3 cm³/mol. The van der Waals surface area contributed by atoms with E-state index in [1.807, 2.05) is 6.92 Å². The Hall–Kier alpha value is -1.56. The van der Waals surface area contributed by atoms with Gasteiger partial charge in [0, 0.05) is 29.8 Å². The van der Waals surface area contributed by atoms with Crippen molar-refractivity contribution in [1.29, 1.82) is 0 Å². The molecule has 96 valence electrons. The van der Waals surface area contributed by atoms with Crippen molar-refractivity contribution in [2.24, 2.45) is 0 Å². The number of nitro benzene ring substituents is 1. The van der Waals surface area contributed by atoms with Gasteiger partial charge in [-0.3, -0.25) is 14.9 Å². The van der Waals surface area contributed by atoms with Gasteiger partial charge in [0.25, 0.3) is 5.69 Å². The normalized spacial score (nSPS) is 19.4. The van der Waals surface area contributed by atoms with Crippen molar-refractivity contribution in [1.82, 2.24) is 0 Å². The summed E-state index contributed by atoms with van der Waals surface area (Å²) in [4.78, 5) is 23.9. The Bertz CT molecular complexity index is 530. The Morgan fingerprint density at radius 2 is 2.06 bits per heavy atom. The second-order valence-electron chi connectivity index (χ2n) is 4.54. The number of amides is 1. The van der Waals surface area contributed by atoms with Crippen molar-refractivity contribution in [3.05, 3.63) is 33.4 Å². The topological polar surface area (TPSA) is 63.5 Å². The van der Waals surface area contributed by atoms with Crippen molar-refractivity contribution < 1.29 is 9.72 Å². The summed E-state index contributed by atoms with van der Waals surface area (Å²) in [6, 6.07) is 3.22. The number of hydrogen-bond acceptors (Lipinski definition) is 4. The highest BCUT2D eigenvalue weighted by Crippen LogP contribution is 2.32. The molecular weight excluding hydrogens is 252 g/mol. The molecule has 1 aliphatic rings. The predicted octanol–water partition coefficient (Wildman–Crippen LogP) is 2.25. The molecule has 1 aromatic carbocycles. The minimum absolute atomic E-state index is 0.00254. The maximum absolute atomic E-state index is 11.8. The third kappa shape index (κ3) is 2.20. The molecule has 1 fully saturated rings. The number of thiol groups is 1. The first-order valence-corrected chi connectivity index (χ1v) is 6.16. The van der Waals surface area contributed by atoms with Crippen LogP contribution in [0, 0.1) is 24.0 Å². The molecule has 1 saturated heterocycles. The van der Waals surface area contributed by atoms with E-state index in [4.69, 9.17) is 0 Å². The second kappa shape index (κ2) is 4.61. The van der Waals surface area contributed by atoms with Crippen LogP contribution in [0.5, 0.6) is 0 Å². The van der Waals surface area contributed by atoms with E-state index in [9.17, 15) is 14.9 Å². The molecule has 0 spiro atoms. The van der Waals surface area contributed by atoms with Crippen LogP contribution in [-0.4, -0.2) is 22.6 Å². The van der Waals surface area contributed by atoms with E-state index < -0.39 is 4.92 Å². The molecule has 1 amide bonds. The summed E-state index contributed by atoms with van der Waals surface area (Å²) in [7, 11) is 0. The number of carbonyl (C=O) groups excluding carboxylic acids is 1. The minimum atomic E-state index is -0.420. The zero-order chi connectivity index (χ0) is 13.4. The third-order valence-corrected chi connectivity index (χ3v) is 3.45. The summed E-state index contributed by atoms with van der Waals surface area (Å²) >= 11 is 4.29. The lowest BCUT2D eigenvalue weighted by atomic mass is 10.1. The number of benzene rings is 1. The van der Waals surface area contributed by atoms with E-state index in [-0.39, 0.29) is 16.8 Å². The average molecular weight is 266 g/mol. The van der Waals surface area contributed by atoms with Crippen molar-refractivity contribution in [3.8, 4) is 0 Å². The van der Waals surface area contributed by atoms with Crippen LogP contribution in [0.15, 0.2) is 12.1 Å². The van der Waals surface area contributed by atoms with E-state index in [1.165, 1.54) is 6.07 Å². The molecule has 1 heterocycles. The largest absolute Gasteiger partial charge is 0.311 e. The average Bonchev–Trinajstić information content (AvgIpc) is 2.57. The summed E-state index contributed by atoms with van der Waals surface area (Å²) in [6.45, 7) is 4.05. The van der Waals surface area contributed by atoms with E-state index in [1.54, 1.807) is 17.9 Å². The lowest BCUT2D eigenvalue weighted by molar-refractivity contribution is -0.385. The van der Waals surface area contributed by atoms with Crippen molar-refractivity contribution in [3.63, 3.8) is 0 Å². The smallest absolute Gasteiger partial charge is 0.274 e. The van der Waals surface area contributed by atoms with E-state index in [0.29, 0.717) is 24.2 Å². The van der Waals surface area contributed by atoms with Gasteiger partial charge in [0.05, 0.1) is 10.6 Å². The zero-order valence-corrected chi connectivity index (χ0v) is 11.1. The summed E-state index contributed by atoms with van der Waals surface area (Å²) in [5.41, 5.74) is 2.14. The monoisotopic (exact) mass is 266 g/mol. The van der Waals surface area contributed by atoms with Gasteiger partial charge in [0.1, 0.15) is 0 Å². The lowest BCUT2D eigenvalue weighted by Gasteiger charge is -2.19. The van der Waals surface area contributed by atoms with E-state index >= 15 is 0 Å². The first-order chi connectivity index (χ1) is 8.40. The molecule has 6 heteroatoms. The van der Waals surface area contributed by atoms with Gasteiger partial charge in [0.15, 0.2) is 0 Å². The fourth-order valence-electron chi connectivity index (χ4n) is 2.24. The lowest BCUT2D eigenvalue weighted by Crippen LogP contribution is -2.25. The first kappa shape index (κ1) is 12.9. The number of carbonyl (C=O) groups is 1. The maximum Gasteiger partial charge on any atom is 0.274 e. The van der Waals surface area contributed by atoms with Crippen LogP contribution < -0.4 is 4.90 Å². The molecule has 0 N–H and O–H groups in total. The molecule has 0 bridgehead atoms. The molecule has 1 atom stereocenters. The Balaban J connectivity index is 2.48. The van der Waals surface area contributed by atoms with Crippen LogP contribution in [0.25, 0.3) is 0 Å². The number of rotatable bonds is 2. The minimum Gasteiger partial charge on any atom is -0.311 e. The van der Waals surface area contributed by atoms with Crippen molar-refractivity contribution in [2.45, 2.75) is 25.5 Å². The Morgan fingerprint density at radius 1 is 1.39 bits per heavy atom. The molecule has 1 aliphatic heterocycles. The van der Waals surface area contributed by atoms with Gasteiger partial charge in [-0.05, 0) is 25.5 Å². The SMILES string of the molecule is Cc1cc(C)c([N+](=O)[O-])cc1N1CC(S)CC1=O. The maximum atomic E-state index is 11.8. The standard InChI is InChI=1S/C12H14N2O3S/c1-7-3-8(2)11(14(16)17)5-10(7)13-6-9(18)4-12(13)15/h3,5,9,18H,4,6H2,1-2H3. The number of anilines is 1. The molecule has 1 unspecified atom stereocenters. The molecule has 0 aliphatic carbocycles. The van der Waals surface area contributed by atoms with Gasteiger partial charge in [-0.25, -0.2) is 0 Å². The molecular formula is C12H14N2O3S. The molecule has 0 saturated carbocycles. The number of nitro groups is 1. The fourth-order valence-corrected chi connectivity index (χ4v) is 2.56. The molecule has 18 heavy (non-hydrogen) atoms. The molecule has 5 nitrogen and oxygen atoms in total. The van der Waals surface area contributed by atoms with Gasteiger partial charge in [-0.15, -0.1) is 0 Å². The third-order valence-electron chi connectivity index (χ3n) is 3.11. The summed E-state index contributed by atoms with van der Waals surface area (Å²) in [6.07, 6.45) is 0.379. The van der Waals surface area contributed by atoms with Crippen LogP contribution in [0.4, 0.5) is 11.4 Å². The van der Waals surface area contributed by atoms with Crippen LogP contribution in [0.2, 0.25) is 0 Å². The zero-order valence-electron chi connectivity index (χ0n) is 10.2. The molecule has 1 aromatic rings. The van der Waals surface area contributed by atoms with Crippen molar-refractivity contribution in [2.75, 3.05) is 11.4 Å². The molecule has 2 rings (SSSR count). The van der Waals surface area contributed by atoms with Gasteiger partial charge in [0.2, 0.25) is 5.91 Å². The first-order valence-electron chi connectivity index (χ1n) is 5.64. The van der Waals surface area contributed by atoms with Gasteiger partial charge in [-0.2, -0.15) is 12.6 Å². The van der Waals surface area contributed by atoms with Crippen LogP contribution in [0.1, 0.15) is 17.5 Å². The van der Waals surface area contributed by atoms with Crippen LogP contribution >= 0.6 is 12.6 Å². The van der Waals surface area contributed by atoms with Crippen molar-refractivity contribution >= 4 is 29.9 Å². The molecule has 0 aromatic heterocycles. The fraction of sp³-hybridized carbons (Fsp3) is 0.417. The van der Waals surface area contributed by atoms with Gasteiger partial charge in [-0.1, -0.05) is 0 Å². The summed E-state index contributed by atoms with van der Waals surface area (Å²) < 4.78 is 0. The number of aryl methyl sites for hydroxylation is 2. The highest BCUT2D eigenvalue weighted by molar-refractivity contribution is 7.81. The Morgan fingerprint density at radius 3 is 2.56 bits per heavy atom. The Kier molecular flexibility index (Phi) is 3.30. The number of hydrogen-bond donors (Lipinski definition) is 1. The van der Waals surface area contributed by atoms with Crippen LogP contribution in [0.3, 0.4) is 0 Å². The summed E-state index contributed by atoms with van der Waals surface area (Å²) in [5, 5.41) is 10.9.